The summed E-state index contributed by atoms with van der Waals surface area (Å²) in [5.74, 6) is -0.380. The predicted octanol–water partition coefficient (Wildman–Crippen LogP) is 1.58. The van der Waals surface area contributed by atoms with Crippen LogP contribution in [0.5, 0.6) is 0 Å². The number of esters is 1. The summed E-state index contributed by atoms with van der Waals surface area (Å²) in [7, 11) is -2.70. The number of benzene rings is 1. The molecule has 0 saturated carbocycles. The van der Waals surface area contributed by atoms with Crippen molar-refractivity contribution in [2.24, 2.45) is 0 Å². The number of carbonyl (C=O) groups is 1. The Bertz CT molecular complexity index is 868. The van der Waals surface area contributed by atoms with Gasteiger partial charge in [0.1, 0.15) is 16.6 Å². The minimum absolute atomic E-state index is 0.00999. The number of methoxy groups -OCH3 is 1. The number of carbonyl (C=O) groups excluding carboxylic acids is 1. The molecule has 2 aromatic rings. The van der Waals surface area contributed by atoms with Gasteiger partial charge in [0.25, 0.3) is 0 Å². The molecule has 0 bridgehead atoms. The Kier molecular flexibility index (Phi) is 4.18. The maximum atomic E-state index is 13.1. The summed E-state index contributed by atoms with van der Waals surface area (Å²) in [6.45, 7) is 3.20. The Morgan fingerprint density at radius 1 is 1.29 bits per heavy atom. The maximum absolute atomic E-state index is 13.1. The van der Waals surface area contributed by atoms with Crippen LogP contribution in [0.4, 0.5) is 0 Å². The smallest absolute Gasteiger partial charge is 0.324 e. The molecule has 1 aromatic heterocycles. The molecule has 7 nitrogen and oxygen atoms in total. The van der Waals surface area contributed by atoms with E-state index in [0.717, 1.165) is 11.1 Å². The Labute approximate surface area is 140 Å². The molecule has 1 aromatic carbocycles. The quantitative estimate of drug-likeness (QED) is 0.781. The lowest BCUT2D eigenvalue weighted by atomic mass is 9.96. The van der Waals surface area contributed by atoms with E-state index < -0.39 is 22.0 Å². The van der Waals surface area contributed by atoms with E-state index in [0.29, 0.717) is 0 Å². The second-order valence-corrected chi connectivity index (χ2v) is 7.54. The van der Waals surface area contributed by atoms with Crippen LogP contribution in [0, 0.1) is 13.8 Å². The highest BCUT2D eigenvalue weighted by Crippen LogP contribution is 2.32. The van der Waals surface area contributed by atoms with Gasteiger partial charge in [0.05, 0.1) is 7.11 Å². The first-order valence-electron chi connectivity index (χ1n) is 7.45. The molecule has 1 aliphatic rings. The fraction of sp³-hybridized carbons (Fsp3) is 0.375. The molecular weight excluding hydrogens is 332 g/mol. The van der Waals surface area contributed by atoms with E-state index in [4.69, 9.17) is 9.26 Å². The van der Waals surface area contributed by atoms with E-state index in [1.165, 1.54) is 18.3 Å². The molecule has 0 saturated heterocycles. The van der Waals surface area contributed by atoms with E-state index in [2.05, 4.69) is 5.16 Å². The lowest BCUT2D eigenvalue weighted by Gasteiger charge is -2.34. The van der Waals surface area contributed by atoms with E-state index >= 15 is 0 Å². The van der Waals surface area contributed by atoms with Gasteiger partial charge in [0.2, 0.25) is 10.0 Å². The zero-order chi connectivity index (χ0) is 17.5. The first-order chi connectivity index (χ1) is 11.4. The number of hydrogen-bond acceptors (Lipinski definition) is 6. The monoisotopic (exact) mass is 350 g/mol. The summed E-state index contributed by atoms with van der Waals surface area (Å²) >= 11 is 0. The Morgan fingerprint density at radius 3 is 2.54 bits per heavy atom. The van der Waals surface area contributed by atoms with Gasteiger partial charge in [0, 0.05) is 13.0 Å². The molecule has 0 spiro atoms. The van der Waals surface area contributed by atoms with Gasteiger partial charge in [-0.05, 0) is 25.0 Å². The van der Waals surface area contributed by atoms with Gasteiger partial charge in [-0.1, -0.05) is 29.4 Å². The maximum Gasteiger partial charge on any atom is 0.324 e. The first-order valence-corrected chi connectivity index (χ1v) is 8.89. The van der Waals surface area contributed by atoms with Gasteiger partial charge < -0.3 is 9.26 Å². The predicted molar refractivity (Wildman–Crippen MR) is 84.7 cm³/mol. The van der Waals surface area contributed by atoms with Crippen molar-refractivity contribution in [3.05, 3.63) is 46.8 Å². The molecule has 128 valence electrons. The number of ether oxygens (including phenoxy) is 1. The third-order valence-corrected chi connectivity index (χ3v) is 6.31. The van der Waals surface area contributed by atoms with Crippen LogP contribution in [0.15, 0.2) is 33.7 Å². The average molecular weight is 350 g/mol. The van der Waals surface area contributed by atoms with E-state index in [-0.39, 0.29) is 29.3 Å². The van der Waals surface area contributed by atoms with Crippen molar-refractivity contribution < 1.29 is 22.5 Å². The van der Waals surface area contributed by atoms with Gasteiger partial charge in [-0.15, -0.1) is 0 Å². The summed E-state index contributed by atoms with van der Waals surface area (Å²) in [4.78, 5) is 12.2. The first kappa shape index (κ1) is 16.7. The van der Waals surface area contributed by atoms with Crippen LogP contribution in [0.2, 0.25) is 0 Å². The van der Waals surface area contributed by atoms with Crippen LogP contribution < -0.4 is 0 Å². The summed E-state index contributed by atoms with van der Waals surface area (Å²) in [6.07, 6.45) is 0.269. The molecule has 0 N–H and O–H groups in total. The van der Waals surface area contributed by atoms with E-state index in [1.54, 1.807) is 6.92 Å². The molecule has 2 heterocycles. The highest BCUT2D eigenvalue weighted by Gasteiger charge is 2.42. The van der Waals surface area contributed by atoms with Gasteiger partial charge in [-0.3, -0.25) is 4.79 Å². The molecule has 1 unspecified atom stereocenters. The fourth-order valence-electron chi connectivity index (χ4n) is 3.05. The van der Waals surface area contributed by atoms with Crippen molar-refractivity contribution in [1.82, 2.24) is 9.46 Å². The number of sulfonamides is 1. The minimum atomic E-state index is -3.95. The number of fused-ring (bicyclic) bond motifs is 1. The summed E-state index contributed by atoms with van der Waals surface area (Å²) in [6, 6.07) is 6.55. The van der Waals surface area contributed by atoms with Crippen molar-refractivity contribution in [1.29, 1.82) is 0 Å². The minimum Gasteiger partial charge on any atom is -0.468 e. The summed E-state index contributed by atoms with van der Waals surface area (Å²) in [5.41, 5.74) is 2.08. The highest BCUT2D eigenvalue weighted by atomic mass is 32.2. The molecule has 24 heavy (non-hydrogen) atoms. The van der Waals surface area contributed by atoms with Gasteiger partial charge in [-0.25, -0.2) is 8.42 Å². The standard InChI is InChI=1S/C16H18N2O5S/c1-10-15(11(2)23-17-10)24(20,21)18-9-13-7-5-4-6-12(13)8-14(18)16(19)22-3/h4-7,14H,8-9H2,1-3H3. The molecule has 1 atom stereocenters. The summed E-state index contributed by atoms with van der Waals surface area (Å²) in [5, 5.41) is 3.71. The Hall–Kier alpha value is -2.19. The molecular formula is C16H18N2O5S. The fourth-order valence-corrected chi connectivity index (χ4v) is 4.90. The number of hydrogen-bond donors (Lipinski definition) is 0. The molecule has 0 radical (unpaired) electrons. The Morgan fingerprint density at radius 2 is 1.96 bits per heavy atom. The van der Waals surface area contributed by atoms with Crippen LogP contribution in [0.1, 0.15) is 22.6 Å². The second kappa shape index (κ2) is 6.03. The van der Waals surface area contributed by atoms with Crippen LogP contribution in [-0.4, -0.2) is 37.0 Å². The van der Waals surface area contributed by atoms with Gasteiger partial charge in [-0.2, -0.15) is 4.31 Å². The molecule has 0 aliphatic carbocycles. The van der Waals surface area contributed by atoms with Crippen molar-refractivity contribution in [2.45, 2.75) is 37.8 Å². The number of nitrogens with zero attached hydrogens (tertiary/aromatic N) is 2. The third kappa shape index (κ3) is 2.61. The van der Waals surface area contributed by atoms with Crippen molar-refractivity contribution in [3.8, 4) is 0 Å². The molecule has 3 rings (SSSR count). The van der Waals surface area contributed by atoms with Crippen LogP contribution >= 0.6 is 0 Å². The number of aryl methyl sites for hydroxylation is 2. The topological polar surface area (TPSA) is 89.7 Å². The third-order valence-electron chi connectivity index (χ3n) is 4.21. The van der Waals surface area contributed by atoms with E-state index in [9.17, 15) is 13.2 Å². The number of rotatable bonds is 3. The highest BCUT2D eigenvalue weighted by molar-refractivity contribution is 7.89. The van der Waals surface area contributed by atoms with Crippen molar-refractivity contribution in [3.63, 3.8) is 0 Å². The molecule has 0 amide bonds. The van der Waals surface area contributed by atoms with E-state index in [1.807, 2.05) is 24.3 Å². The second-order valence-electron chi connectivity index (χ2n) is 5.72. The van der Waals surface area contributed by atoms with Crippen molar-refractivity contribution >= 4 is 16.0 Å². The van der Waals surface area contributed by atoms with Crippen LogP contribution in [0.3, 0.4) is 0 Å². The van der Waals surface area contributed by atoms with Crippen LogP contribution in [0.25, 0.3) is 0 Å². The number of aromatic nitrogens is 1. The van der Waals surface area contributed by atoms with Gasteiger partial charge >= 0.3 is 5.97 Å². The van der Waals surface area contributed by atoms with Crippen LogP contribution in [-0.2, 0) is 32.5 Å². The van der Waals surface area contributed by atoms with Gasteiger partial charge in [0.15, 0.2) is 5.76 Å². The average Bonchev–Trinajstić information content (AvgIpc) is 2.92. The Balaban J connectivity index is 2.11. The molecule has 8 heteroatoms. The lowest BCUT2D eigenvalue weighted by Crippen LogP contribution is -2.49. The molecule has 0 fully saturated rings. The zero-order valence-electron chi connectivity index (χ0n) is 13.6. The summed E-state index contributed by atoms with van der Waals surface area (Å²) < 4.78 is 37.3. The largest absolute Gasteiger partial charge is 0.468 e. The molecule has 1 aliphatic heterocycles. The van der Waals surface area contributed by atoms with Crippen molar-refractivity contribution in [2.75, 3.05) is 7.11 Å². The lowest BCUT2D eigenvalue weighted by molar-refractivity contribution is -0.145. The SMILES string of the molecule is COC(=O)C1Cc2ccccc2CN1S(=O)(=O)c1c(C)noc1C. The zero-order valence-corrected chi connectivity index (χ0v) is 14.5. The normalized spacial score (nSPS) is 18.2.